The highest BCUT2D eigenvalue weighted by atomic mass is 32.2. The van der Waals surface area contributed by atoms with Crippen molar-refractivity contribution in [2.45, 2.75) is 19.8 Å². The number of carbonyl (C=O) groups is 3. The molecule has 0 saturated heterocycles. The Kier molecular flexibility index (Phi) is 7.31. The maximum Gasteiger partial charge on any atom is 0.372 e. The predicted molar refractivity (Wildman–Crippen MR) is 77.8 cm³/mol. The summed E-state index contributed by atoms with van der Waals surface area (Å²) >= 11 is 0.744. The van der Waals surface area contributed by atoms with Gasteiger partial charge in [0.25, 0.3) is 0 Å². The van der Waals surface area contributed by atoms with Gasteiger partial charge in [-0.15, -0.1) is 0 Å². The molecule has 0 amide bonds. The number of esters is 1. The topological polar surface area (TPSA) is 89.9 Å². The van der Waals surface area contributed by atoms with Crippen LogP contribution in [0.3, 0.4) is 0 Å². The van der Waals surface area contributed by atoms with Gasteiger partial charge in [0.05, 0.1) is 13.0 Å². The van der Waals surface area contributed by atoms with Crippen LogP contribution in [0, 0.1) is 0 Å². The standard InChI is InChI=1S/C14H16O6S/c1-2-8-19-13(17)10-5-3-4-6-11(10)20-14(18)21-9-7-12(15)16/h3-6H,2,7-9H2,1H3,(H,15,16). The van der Waals surface area contributed by atoms with Gasteiger partial charge in [-0.1, -0.05) is 19.1 Å². The molecule has 0 aliphatic rings. The van der Waals surface area contributed by atoms with Crippen LogP contribution in [-0.4, -0.2) is 34.7 Å². The minimum atomic E-state index is -0.987. The minimum absolute atomic E-state index is 0.103. The number of para-hydroxylation sites is 1. The summed E-state index contributed by atoms with van der Waals surface area (Å²) in [5.41, 5.74) is 0.165. The maximum atomic E-state index is 11.8. The zero-order valence-corrected chi connectivity index (χ0v) is 12.4. The van der Waals surface area contributed by atoms with Gasteiger partial charge in [0.1, 0.15) is 11.3 Å². The Morgan fingerprint density at radius 1 is 1.24 bits per heavy atom. The third-order valence-electron chi connectivity index (χ3n) is 2.27. The molecular weight excluding hydrogens is 296 g/mol. The van der Waals surface area contributed by atoms with Crippen LogP contribution in [0.4, 0.5) is 4.79 Å². The number of hydrogen-bond acceptors (Lipinski definition) is 6. The zero-order chi connectivity index (χ0) is 15.7. The van der Waals surface area contributed by atoms with E-state index >= 15 is 0 Å². The molecule has 21 heavy (non-hydrogen) atoms. The van der Waals surface area contributed by atoms with Gasteiger partial charge in [0.15, 0.2) is 0 Å². The Morgan fingerprint density at radius 3 is 2.62 bits per heavy atom. The van der Waals surface area contributed by atoms with E-state index in [0.29, 0.717) is 6.42 Å². The van der Waals surface area contributed by atoms with Crippen LogP contribution in [0.2, 0.25) is 0 Å². The van der Waals surface area contributed by atoms with E-state index in [0.717, 1.165) is 11.8 Å². The van der Waals surface area contributed by atoms with Crippen molar-refractivity contribution in [2.75, 3.05) is 12.4 Å². The average molecular weight is 312 g/mol. The lowest BCUT2D eigenvalue weighted by Gasteiger charge is -2.09. The van der Waals surface area contributed by atoms with E-state index in [9.17, 15) is 14.4 Å². The molecule has 0 aromatic heterocycles. The third-order valence-corrected chi connectivity index (χ3v) is 3.00. The molecule has 0 spiro atoms. The summed E-state index contributed by atoms with van der Waals surface area (Å²) in [5.74, 6) is -1.34. The van der Waals surface area contributed by atoms with E-state index in [1.54, 1.807) is 12.1 Å². The first-order chi connectivity index (χ1) is 10.0. The number of ether oxygens (including phenoxy) is 2. The molecule has 0 bridgehead atoms. The lowest BCUT2D eigenvalue weighted by Crippen LogP contribution is -2.11. The largest absolute Gasteiger partial charge is 0.481 e. The number of aliphatic carboxylic acids is 1. The van der Waals surface area contributed by atoms with Crippen LogP contribution in [0.1, 0.15) is 30.1 Å². The van der Waals surface area contributed by atoms with E-state index in [-0.39, 0.29) is 30.1 Å². The molecule has 6 nitrogen and oxygen atoms in total. The maximum absolute atomic E-state index is 11.8. The molecule has 0 atom stereocenters. The fourth-order valence-corrected chi connectivity index (χ4v) is 1.93. The third kappa shape index (κ3) is 6.31. The molecule has 1 aromatic rings. The molecule has 1 aromatic carbocycles. The van der Waals surface area contributed by atoms with Gasteiger partial charge in [-0.2, -0.15) is 0 Å². The van der Waals surface area contributed by atoms with Crippen molar-refractivity contribution in [1.29, 1.82) is 0 Å². The lowest BCUT2D eigenvalue weighted by atomic mass is 10.2. The van der Waals surface area contributed by atoms with E-state index in [1.807, 2.05) is 6.92 Å². The van der Waals surface area contributed by atoms with Gasteiger partial charge >= 0.3 is 17.2 Å². The van der Waals surface area contributed by atoms with Gasteiger partial charge in [-0.3, -0.25) is 4.79 Å². The highest BCUT2D eigenvalue weighted by Crippen LogP contribution is 2.21. The van der Waals surface area contributed by atoms with Crippen molar-refractivity contribution in [3.63, 3.8) is 0 Å². The summed E-state index contributed by atoms with van der Waals surface area (Å²) in [5, 5.41) is 7.83. The van der Waals surface area contributed by atoms with Crippen molar-refractivity contribution in [3.05, 3.63) is 29.8 Å². The molecule has 0 saturated carbocycles. The molecule has 7 heteroatoms. The molecule has 0 radical (unpaired) electrons. The quantitative estimate of drug-likeness (QED) is 0.774. The Labute approximate surface area is 126 Å². The van der Waals surface area contributed by atoms with Crippen LogP contribution in [0.5, 0.6) is 5.75 Å². The monoisotopic (exact) mass is 312 g/mol. The molecule has 1 N–H and O–H groups in total. The second-order valence-corrected chi connectivity index (χ2v) is 5.01. The molecule has 0 unspecified atom stereocenters. The van der Waals surface area contributed by atoms with Gasteiger partial charge in [0, 0.05) is 5.75 Å². The highest BCUT2D eigenvalue weighted by Gasteiger charge is 2.16. The summed E-state index contributed by atoms with van der Waals surface area (Å²) < 4.78 is 10.1. The lowest BCUT2D eigenvalue weighted by molar-refractivity contribution is -0.136. The summed E-state index contributed by atoms with van der Waals surface area (Å²) in [6, 6.07) is 6.25. The molecule has 0 heterocycles. The molecule has 1 rings (SSSR count). The first-order valence-corrected chi connectivity index (χ1v) is 7.35. The van der Waals surface area contributed by atoms with E-state index < -0.39 is 17.2 Å². The number of carboxylic acid groups (broad SMARTS) is 1. The Bertz CT molecular complexity index is 514. The zero-order valence-electron chi connectivity index (χ0n) is 11.5. The first-order valence-electron chi connectivity index (χ1n) is 6.37. The fourth-order valence-electron chi connectivity index (χ4n) is 1.34. The highest BCUT2D eigenvalue weighted by molar-refractivity contribution is 8.13. The number of benzene rings is 1. The minimum Gasteiger partial charge on any atom is -0.481 e. The van der Waals surface area contributed by atoms with Crippen molar-refractivity contribution < 1.29 is 29.0 Å². The van der Waals surface area contributed by atoms with Crippen LogP contribution in [0.15, 0.2) is 24.3 Å². The Balaban J connectivity index is 2.64. The van der Waals surface area contributed by atoms with Gasteiger partial charge in [0.2, 0.25) is 0 Å². The SMILES string of the molecule is CCCOC(=O)c1ccccc1OC(=O)SCCC(=O)O. The van der Waals surface area contributed by atoms with Crippen molar-refractivity contribution in [3.8, 4) is 5.75 Å². The Hall–Kier alpha value is -2.02. The van der Waals surface area contributed by atoms with Gasteiger partial charge in [-0.05, 0) is 30.3 Å². The number of hydrogen-bond donors (Lipinski definition) is 1. The fraction of sp³-hybridized carbons (Fsp3) is 0.357. The average Bonchev–Trinajstić information content (AvgIpc) is 2.45. The molecule has 0 aliphatic heterocycles. The van der Waals surface area contributed by atoms with Crippen molar-refractivity contribution >= 4 is 29.0 Å². The van der Waals surface area contributed by atoms with E-state index in [1.165, 1.54) is 12.1 Å². The molecule has 0 fully saturated rings. The van der Waals surface area contributed by atoms with Gasteiger partial charge in [-0.25, -0.2) is 9.59 Å². The summed E-state index contributed by atoms with van der Waals surface area (Å²) in [7, 11) is 0. The van der Waals surface area contributed by atoms with Crippen LogP contribution in [-0.2, 0) is 9.53 Å². The van der Waals surface area contributed by atoms with E-state index in [2.05, 4.69) is 0 Å². The van der Waals surface area contributed by atoms with Crippen LogP contribution < -0.4 is 4.74 Å². The number of carbonyl (C=O) groups excluding carboxylic acids is 2. The summed E-state index contributed by atoms with van der Waals surface area (Å²) in [6.45, 7) is 2.16. The van der Waals surface area contributed by atoms with Crippen LogP contribution in [0.25, 0.3) is 0 Å². The second-order valence-electron chi connectivity index (χ2n) is 3.98. The number of carboxylic acids is 1. The predicted octanol–water partition coefficient (Wildman–Crippen LogP) is 2.96. The molecule has 0 aliphatic carbocycles. The summed E-state index contributed by atoms with van der Waals surface area (Å²) in [6.07, 6.45) is 0.554. The number of rotatable bonds is 7. The molecular formula is C14H16O6S. The second kappa shape index (κ2) is 9.02. The van der Waals surface area contributed by atoms with Crippen LogP contribution >= 0.6 is 11.8 Å². The first kappa shape index (κ1) is 17.0. The van der Waals surface area contributed by atoms with Gasteiger partial charge < -0.3 is 14.6 Å². The molecule has 114 valence electrons. The number of thioether (sulfide) groups is 1. The Morgan fingerprint density at radius 2 is 1.95 bits per heavy atom. The summed E-state index contributed by atoms with van der Waals surface area (Å²) in [4.78, 5) is 33.7. The normalized spacial score (nSPS) is 9.95. The van der Waals surface area contributed by atoms with Crippen molar-refractivity contribution in [2.24, 2.45) is 0 Å². The van der Waals surface area contributed by atoms with E-state index in [4.69, 9.17) is 14.6 Å². The smallest absolute Gasteiger partial charge is 0.372 e. The van der Waals surface area contributed by atoms with Crippen molar-refractivity contribution in [1.82, 2.24) is 0 Å².